The Morgan fingerprint density at radius 1 is 0.717 bits per heavy atom. The second-order valence-corrected chi connectivity index (χ2v) is 13.5. The molecule has 6 aromatic carbocycles. The van der Waals surface area contributed by atoms with Gasteiger partial charge in [0, 0.05) is 46.8 Å². The summed E-state index contributed by atoms with van der Waals surface area (Å²) in [5, 5.41) is 11.2. The van der Waals surface area contributed by atoms with Crippen molar-refractivity contribution in [2.24, 2.45) is 0 Å². The van der Waals surface area contributed by atoms with Crippen LogP contribution in [0, 0.1) is 19.8 Å². The molecule has 0 saturated carbocycles. The molecule has 0 spiro atoms. The van der Waals surface area contributed by atoms with Crippen molar-refractivity contribution in [3.63, 3.8) is 0 Å². The van der Waals surface area contributed by atoms with E-state index in [1.807, 2.05) is 69.3 Å². The number of para-hydroxylation sites is 2. The van der Waals surface area contributed by atoms with Crippen LogP contribution in [0.2, 0.25) is 0 Å². The third-order valence-electron chi connectivity index (χ3n) is 8.92. The van der Waals surface area contributed by atoms with Crippen molar-refractivity contribution < 1.29 is 44.0 Å². The summed E-state index contributed by atoms with van der Waals surface area (Å²) in [5.41, 5.74) is 2.81. The van der Waals surface area contributed by atoms with Gasteiger partial charge >= 0.3 is 0 Å². The number of hydrogen-bond acceptors (Lipinski definition) is 3. The maximum Gasteiger partial charge on any atom is 0.148 e. The Morgan fingerprint density at radius 3 is 2.23 bits per heavy atom. The van der Waals surface area contributed by atoms with Gasteiger partial charge in [-0.25, -0.2) is 4.98 Å². The van der Waals surface area contributed by atoms with Gasteiger partial charge in [0.15, 0.2) is 0 Å². The summed E-state index contributed by atoms with van der Waals surface area (Å²) in [5.74, 6) is 0.255. The van der Waals surface area contributed by atoms with Crippen LogP contribution in [-0.2, 0) is 26.5 Å². The first-order valence-corrected chi connectivity index (χ1v) is 16.7. The van der Waals surface area contributed by atoms with Crippen LogP contribution < -0.4 is 0 Å². The molecule has 0 aliphatic carbocycles. The Balaban J connectivity index is 0.00000648. The average Bonchev–Trinajstić information content (AvgIpc) is 3.64. The van der Waals surface area contributed by atoms with Crippen molar-refractivity contribution in [3.05, 3.63) is 168 Å². The molecule has 0 unspecified atom stereocenters. The molecule has 2 aromatic heterocycles. The minimum Gasteiger partial charge on any atom is -0.507 e. The van der Waals surface area contributed by atoms with E-state index in [2.05, 4.69) is 11.1 Å². The fourth-order valence-electron chi connectivity index (χ4n) is 6.25. The Labute approximate surface area is 344 Å². The topological polar surface area (TPSA) is 50.9 Å². The van der Waals surface area contributed by atoms with E-state index in [9.17, 15) is 6.48 Å². The van der Waals surface area contributed by atoms with Gasteiger partial charge in [-0.05, 0) is 83.3 Å². The van der Waals surface area contributed by atoms with Crippen LogP contribution in [0.15, 0.2) is 146 Å². The van der Waals surface area contributed by atoms with Crippen molar-refractivity contribution in [2.75, 3.05) is 0 Å². The van der Waals surface area contributed by atoms with Gasteiger partial charge in [0.25, 0.3) is 0 Å². The van der Waals surface area contributed by atoms with E-state index in [1.54, 1.807) is 53.1 Å². The Bertz CT molecular complexity index is 3180. The van der Waals surface area contributed by atoms with Crippen LogP contribution in [0.1, 0.15) is 55.3 Å². The number of fused-ring (bicyclic) bond motifs is 1. The molecule has 2 heterocycles. The summed E-state index contributed by atoms with van der Waals surface area (Å²) in [4.78, 5) is 9.47. The van der Waals surface area contributed by atoms with Crippen molar-refractivity contribution in [1.29, 1.82) is 0 Å². The van der Waals surface area contributed by atoms with Gasteiger partial charge < -0.3 is 5.11 Å². The number of nitrogens with zero attached hydrogens (tertiary/aromatic N) is 3. The summed E-state index contributed by atoms with van der Waals surface area (Å²) in [7, 11) is 0. The Hall–Kier alpha value is -5.57. The quantitative estimate of drug-likeness (QED) is 0.169. The smallest absolute Gasteiger partial charge is 0.148 e. The maximum absolute atomic E-state index is 11.2. The molecule has 264 valence electrons. The van der Waals surface area contributed by atoms with Crippen molar-refractivity contribution >= 4 is 11.0 Å². The van der Waals surface area contributed by atoms with Gasteiger partial charge in [-0.15, -0.1) is 29.3 Å². The molecule has 5 heteroatoms. The summed E-state index contributed by atoms with van der Waals surface area (Å²) in [6.07, 6.45) is -0.623. The molecule has 0 atom stereocenters. The number of rotatable bonds is 6. The summed E-state index contributed by atoms with van der Waals surface area (Å²) < 4.78 is 112. The van der Waals surface area contributed by atoms with Crippen LogP contribution in [0.25, 0.3) is 72.7 Å². The monoisotopic (exact) mass is 882 g/mol. The molecule has 0 fully saturated rings. The van der Waals surface area contributed by atoms with Gasteiger partial charge in [-0.2, -0.15) is 0 Å². The first-order valence-electron chi connectivity index (χ1n) is 23.2. The second kappa shape index (κ2) is 14.5. The van der Waals surface area contributed by atoms with Crippen molar-refractivity contribution in [2.45, 2.75) is 39.9 Å². The number of benzene rings is 6. The van der Waals surface area contributed by atoms with E-state index in [0.717, 1.165) is 11.1 Å². The van der Waals surface area contributed by atoms with Gasteiger partial charge in [-0.3, -0.25) is 9.55 Å². The number of aryl methyl sites for hydroxylation is 1. The van der Waals surface area contributed by atoms with E-state index in [4.69, 9.17) is 21.4 Å². The standard InChI is InChI=1S/C48H40N3O.Pt/c1-31-18-20-33(21-19-31)35-24-25-49-43(30-35)37-27-36(28-38(29-37)48(3,4)5)41-15-11-16-44-46(41)50-47(42-14-9-10-17-45(42)52)51(44)39-22-23-40(32(2)26-39)34-12-7-6-8-13-34;/h6-26,28-30,52H,1-5H3;/q-1;/i1D3,2D3,18D,19D,20D,21D,24D,25D,30D;. The minimum absolute atomic E-state index is 0. The van der Waals surface area contributed by atoms with E-state index < -0.39 is 78.2 Å². The third-order valence-corrected chi connectivity index (χ3v) is 8.92. The molecule has 0 radical (unpaired) electrons. The van der Waals surface area contributed by atoms with E-state index in [1.165, 1.54) is 6.07 Å². The number of aromatic hydroxyl groups is 1. The number of imidazole rings is 1. The van der Waals surface area contributed by atoms with Gasteiger partial charge in [0.05, 0.1) is 26.2 Å². The summed E-state index contributed by atoms with van der Waals surface area (Å²) >= 11 is 0. The van der Waals surface area contributed by atoms with Gasteiger partial charge in [-0.1, -0.05) is 128 Å². The molecule has 0 saturated heterocycles. The molecule has 8 rings (SSSR count). The number of hydrogen-bond donors (Lipinski definition) is 1. The number of phenols is 1. The molecule has 0 aliphatic rings. The van der Waals surface area contributed by atoms with Crippen molar-refractivity contribution in [3.8, 4) is 67.5 Å². The van der Waals surface area contributed by atoms with E-state index in [-0.39, 0.29) is 43.6 Å². The van der Waals surface area contributed by atoms with Crippen LogP contribution in [0.4, 0.5) is 0 Å². The Morgan fingerprint density at radius 2 is 1.47 bits per heavy atom. The van der Waals surface area contributed by atoms with E-state index >= 15 is 0 Å². The summed E-state index contributed by atoms with van der Waals surface area (Å²) in [6.45, 7) is 0.440. The van der Waals surface area contributed by atoms with Crippen LogP contribution >= 0.6 is 0 Å². The first kappa shape index (κ1) is 23.2. The second-order valence-electron chi connectivity index (χ2n) is 13.5. The average molecular weight is 883 g/mol. The van der Waals surface area contributed by atoms with Gasteiger partial charge in [0.1, 0.15) is 11.6 Å². The number of aromatic nitrogens is 3. The third kappa shape index (κ3) is 7.00. The zero-order valence-electron chi connectivity index (χ0n) is 41.9. The summed E-state index contributed by atoms with van der Waals surface area (Å²) in [6, 6.07) is 29.2. The number of pyridine rings is 1. The predicted octanol–water partition coefficient (Wildman–Crippen LogP) is 12.2. The first-order chi connectivity index (χ1) is 30.5. The van der Waals surface area contributed by atoms with Crippen LogP contribution in [0.5, 0.6) is 5.75 Å². The van der Waals surface area contributed by atoms with Gasteiger partial charge in [0.2, 0.25) is 0 Å². The fraction of sp³-hybridized carbons (Fsp3) is 0.125. The minimum atomic E-state index is -2.98. The molecule has 0 amide bonds. The zero-order chi connectivity index (χ0) is 47.1. The maximum atomic E-state index is 11.2. The van der Waals surface area contributed by atoms with Crippen LogP contribution in [0.3, 0.4) is 0 Å². The largest absolute Gasteiger partial charge is 0.507 e. The molecule has 53 heavy (non-hydrogen) atoms. The number of phenolic OH excluding ortho intramolecular Hbond substituents is 1. The molecule has 4 nitrogen and oxygen atoms in total. The molecule has 1 N–H and O–H groups in total. The fourth-order valence-corrected chi connectivity index (χ4v) is 6.25. The van der Waals surface area contributed by atoms with Crippen LogP contribution in [-0.4, -0.2) is 19.6 Å². The molecule has 0 aliphatic heterocycles. The van der Waals surface area contributed by atoms with Crippen molar-refractivity contribution in [1.82, 2.24) is 14.5 Å². The molecular formula is C48H40N3OPt-. The SMILES string of the molecule is [2H]c1nc(-c2[c-]c(-c3cccc4c3nc(-c3ccccc3O)n4-c3ccc(-c4ccccc4)c(C([2H])([2H])[2H])c3)cc(C(C)(C)C)c2)c([2H])c(-c2c([2H])c([2H])c(C([2H])([2H])[2H])c([2H])c2[2H])c1[2H].[Pt]. The predicted molar refractivity (Wildman–Crippen MR) is 215 cm³/mol. The van der Waals surface area contributed by atoms with E-state index in [0.29, 0.717) is 44.8 Å². The molecule has 0 bridgehead atoms. The Kier molecular flexibility index (Phi) is 6.32. The zero-order valence-corrected chi connectivity index (χ0v) is 31.2. The molecular weight excluding hydrogens is 830 g/mol. The normalized spacial score (nSPS) is 15.4. The molecule has 8 aromatic rings.